The largest absolute Gasteiger partial charge is 0.381 e. The number of likely N-dealkylation sites (tertiary alicyclic amines) is 1. The van der Waals surface area contributed by atoms with Crippen molar-refractivity contribution in [2.24, 2.45) is 5.41 Å². The van der Waals surface area contributed by atoms with Crippen molar-refractivity contribution in [1.29, 1.82) is 0 Å². The van der Waals surface area contributed by atoms with Crippen LogP contribution in [-0.4, -0.2) is 50.3 Å². The molecule has 0 saturated carbocycles. The first kappa shape index (κ1) is 20.0. The molecule has 4 rings (SSSR count). The number of carbonyl (C=O) groups is 1. The zero-order valence-corrected chi connectivity index (χ0v) is 17.9. The fourth-order valence-corrected chi connectivity index (χ4v) is 4.58. The van der Waals surface area contributed by atoms with Crippen LogP contribution >= 0.6 is 0 Å². The molecule has 2 aromatic rings. The lowest BCUT2D eigenvalue weighted by Crippen LogP contribution is -2.62. The number of hydrogen-bond donors (Lipinski definition) is 0. The Morgan fingerprint density at radius 3 is 2.72 bits per heavy atom. The van der Waals surface area contributed by atoms with E-state index >= 15 is 0 Å². The Kier molecular flexibility index (Phi) is 5.19. The van der Waals surface area contributed by atoms with Gasteiger partial charge in [-0.1, -0.05) is 0 Å². The number of amides is 1. The number of aryl methyl sites for hydroxylation is 2. The molecule has 0 bridgehead atoms. The van der Waals surface area contributed by atoms with E-state index in [9.17, 15) is 4.79 Å². The van der Waals surface area contributed by atoms with E-state index in [1.54, 1.807) is 6.20 Å². The maximum atomic E-state index is 13.1. The van der Waals surface area contributed by atoms with Crippen molar-refractivity contribution in [3.05, 3.63) is 41.7 Å². The Hall–Kier alpha value is -2.28. The molecule has 156 valence electrons. The smallest absolute Gasteiger partial charge is 0.223 e. The standard InChI is InChI=1S/C22H31N5O2/c1-16-23-10-7-18(25-16)5-6-19(28)26-15-22(8-11-29-12-9-22)20(26)17-13-24-27(14-17)21(2,3)4/h7,10,13-14,20H,5-6,8-9,11-12,15H2,1-4H3. The highest BCUT2D eigenvalue weighted by Crippen LogP contribution is 2.54. The molecule has 2 aliphatic heterocycles. The summed E-state index contributed by atoms with van der Waals surface area (Å²) in [6.45, 7) is 10.6. The van der Waals surface area contributed by atoms with Gasteiger partial charge in [-0.15, -0.1) is 0 Å². The van der Waals surface area contributed by atoms with Gasteiger partial charge in [0.05, 0.1) is 17.8 Å². The SMILES string of the molecule is Cc1nccc(CCC(=O)N2CC3(CCOCC3)C2c2cnn(C(C)(C)C)c2)n1. The molecule has 7 heteroatoms. The lowest BCUT2D eigenvalue weighted by atomic mass is 9.64. The van der Waals surface area contributed by atoms with Crippen molar-refractivity contribution >= 4 is 5.91 Å². The predicted molar refractivity (Wildman–Crippen MR) is 109 cm³/mol. The second-order valence-electron chi connectivity index (χ2n) is 9.38. The summed E-state index contributed by atoms with van der Waals surface area (Å²) in [5.74, 6) is 0.930. The van der Waals surface area contributed by atoms with Crippen molar-refractivity contribution in [1.82, 2.24) is 24.6 Å². The van der Waals surface area contributed by atoms with E-state index < -0.39 is 0 Å². The van der Waals surface area contributed by atoms with Gasteiger partial charge in [-0.3, -0.25) is 9.48 Å². The zero-order chi connectivity index (χ0) is 20.6. The first-order chi connectivity index (χ1) is 13.8. The van der Waals surface area contributed by atoms with Crippen LogP contribution in [0, 0.1) is 12.3 Å². The average Bonchev–Trinajstić information content (AvgIpc) is 3.15. The number of carbonyl (C=O) groups excluding carboxylic acids is 1. The lowest BCUT2D eigenvalue weighted by Gasteiger charge is -2.59. The third-order valence-electron chi connectivity index (χ3n) is 6.22. The van der Waals surface area contributed by atoms with E-state index in [0.717, 1.165) is 49.7 Å². The van der Waals surface area contributed by atoms with E-state index in [2.05, 4.69) is 42.0 Å². The van der Waals surface area contributed by atoms with E-state index in [4.69, 9.17) is 4.74 Å². The minimum Gasteiger partial charge on any atom is -0.381 e. The fraction of sp³-hybridized carbons (Fsp3) is 0.636. The molecule has 1 unspecified atom stereocenters. The van der Waals surface area contributed by atoms with Crippen molar-refractivity contribution < 1.29 is 9.53 Å². The minimum atomic E-state index is -0.0788. The molecule has 2 aliphatic rings. The van der Waals surface area contributed by atoms with Crippen molar-refractivity contribution in [2.75, 3.05) is 19.8 Å². The topological polar surface area (TPSA) is 73.1 Å². The van der Waals surface area contributed by atoms with Crippen LogP contribution in [0.1, 0.15) is 63.2 Å². The van der Waals surface area contributed by atoms with Crippen molar-refractivity contribution in [3.63, 3.8) is 0 Å². The van der Waals surface area contributed by atoms with E-state index in [-0.39, 0.29) is 22.9 Å². The Labute approximate surface area is 172 Å². The van der Waals surface area contributed by atoms with Crippen molar-refractivity contribution in [3.8, 4) is 0 Å². The molecule has 1 spiro atoms. The van der Waals surface area contributed by atoms with E-state index in [0.29, 0.717) is 12.8 Å². The van der Waals surface area contributed by atoms with Crippen LogP contribution in [-0.2, 0) is 21.5 Å². The van der Waals surface area contributed by atoms with Crippen LogP contribution in [0.4, 0.5) is 0 Å². The van der Waals surface area contributed by atoms with Gasteiger partial charge in [0.25, 0.3) is 0 Å². The number of aromatic nitrogens is 4. The van der Waals surface area contributed by atoms with Gasteiger partial charge in [-0.05, 0) is 53.0 Å². The zero-order valence-electron chi connectivity index (χ0n) is 17.9. The number of rotatable bonds is 4. The predicted octanol–water partition coefficient (Wildman–Crippen LogP) is 3.05. The van der Waals surface area contributed by atoms with E-state index in [1.807, 2.05) is 28.8 Å². The molecule has 29 heavy (non-hydrogen) atoms. The van der Waals surface area contributed by atoms with Crippen LogP contribution in [0.3, 0.4) is 0 Å². The monoisotopic (exact) mass is 397 g/mol. The molecule has 7 nitrogen and oxygen atoms in total. The Morgan fingerprint density at radius 1 is 1.31 bits per heavy atom. The number of ether oxygens (including phenoxy) is 1. The Balaban J connectivity index is 1.52. The summed E-state index contributed by atoms with van der Waals surface area (Å²) < 4.78 is 7.62. The second-order valence-corrected chi connectivity index (χ2v) is 9.38. The summed E-state index contributed by atoms with van der Waals surface area (Å²) in [6.07, 6.45) is 8.91. The molecule has 4 heterocycles. The number of nitrogens with zero attached hydrogens (tertiary/aromatic N) is 5. The third-order valence-corrected chi connectivity index (χ3v) is 6.22. The average molecular weight is 398 g/mol. The summed E-state index contributed by atoms with van der Waals surface area (Å²) in [5.41, 5.74) is 2.10. The molecular formula is C22H31N5O2. The highest BCUT2D eigenvalue weighted by atomic mass is 16.5. The normalized spacial score (nSPS) is 21.2. The summed E-state index contributed by atoms with van der Waals surface area (Å²) in [7, 11) is 0. The molecule has 1 amide bonds. The fourth-order valence-electron chi connectivity index (χ4n) is 4.58. The highest BCUT2D eigenvalue weighted by Gasteiger charge is 2.55. The van der Waals surface area contributed by atoms with Gasteiger partial charge in [-0.25, -0.2) is 9.97 Å². The van der Waals surface area contributed by atoms with Gasteiger partial charge < -0.3 is 9.64 Å². The van der Waals surface area contributed by atoms with Gasteiger partial charge in [0.1, 0.15) is 5.82 Å². The van der Waals surface area contributed by atoms with Crippen molar-refractivity contribution in [2.45, 2.75) is 65.0 Å². The van der Waals surface area contributed by atoms with Gasteiger partial charge >= 0.3 is 0 Å². The summed E-state index contributed by atoms with van der Waals surface area (Å²) >= 11 is 0. The van der Waals surface area contributed by atoms with Gasteiger partial charge in [-0.2, -0.15) is 5.10 Å². The summed E-state index contributed by atoms with van der Waals surface area (Å²) in [5, 5.41) is 4.60. The maximum absolute atomic E-state index is 13.1. The maximum Gasteiger partial charge on any atom is 0.223 e. The molecule has 2 saturated heterocycles. The molecular weight excluding hydrogens is 366 g/mol. The molecule has 0 aromatic carbocycles. The quantitative estimate of drug-likeness (QED) is 0.793. The molecule has 0 radical (unpaired) electrons. The third kappa shape index (κ3) is 3.92. The van der Waals surface area contributed by atoms with Gasteiger partial charge in [0.2, 0.25) is 5.91 Å². The van der Waals surface area contributed by atoms with Crippen LogP contribution in [0.5, 0.6) is 0 Å². The van der Waals surface area contributed by atoms with Gasteiger partial charge in [0.15, 0.2) is 0 Å². The van der Waals surface area contributed by atoms with Crippen LogP contribution in [0.15, 0.2) is 24.7 Å². The first-order valence-corrected chi connectivity index (χ1v) is 10.5. The highest BCUT2D eigenvalue weighted by molar-refractivity contribution is 5.78. The van der Waals surface area contributed by atoms with Gasteiger partial charge in [0, 0.05) is 55.2 Å². The molecule has 0 aliphatic carbocycles. The second kappa shape index (κ2) is 7.52. The molecule has 2 aromatic heterocycles. The lowest BCUT2D eigenvalue weighted by molar-refractivity contribution is -0.169. The summed E-state index contributed by atoms with van der Waals surface area (Å²) in [6, 6.07) is 1.98. The molecule has 2 fully saturated rings. The number of hydrogen-bond acceptors (Lipinski definition) is 5. The molecule has 0 N–H and O–H groups in total. The molecule has 1 atom stereocenters. The Bertz CT molecular complexity index is 879. The van der Waals surface area contributed by atoms with Crippen LogP contribution in [0.25, 0.3) is 0 Å². The first-order valence-electron chi connectivity index (χ1n) is 10.5. The van der Waals surface area contributed by atoms with Crippen LogP contribution < -0.4 is 0 Å². The van der Waals surface area contributed by atoms with Crippen LogP contribution in [0.2, 0.25) is 0 Å². The summed E-state index contributed by atoms with van der Waals surface area (Å²) in [4.78, 5) is 23.7. The Morgan fingerprint density at radius 2 is 2.07 bits per heavy atom. The van der Waals surface area contributed by atoms with E-state index in [1.165, 1.54) is 0 Å². The minimum absolute atomic E-state index is 0.0788.